The quantitative estimate of drug-likeness (QED) is 0.577. The summed E-state index contributed by atoms with van der Waals surface area (Å²) in [5.41, 5.74) is 0. The molecule has 0 atom stereocenters. The monoisotopic (exact) mass is 296 g/mol. The number of aromatic nitrogens is 6. The molecular formula is C4H4Cl2N6Zr. The van der Waals surface area contributed by atoms with Crippen LogP contribution in [-0.2, 0) is 23.2 Å². The maximum atomic E-state index is 3.88. The van der Waals surface area contributed by atoms with Crippen molar-refractivity contribution in [1.82, 2.24) is 30.8 Å². The minimum atomic E-state index is -0.832. The van der Waals surface area contributed by atoms with Crippen molar-refractivity contribution >= 4 is 6.80 Å². The first-order valence-corrected chi connectivity index (χ1v) is 5.41. The van der Waals surface area contributed by atoms with E-state index < -0.39 is 23.2 Å². The molecule has 0 saturated carbocycles. The molecule has 0 radical (unpaired) electrons. The number of halogens is 2. The van der Waals surface area contributed by atoms with Gasteiger partial charge in [0.15, 0.2) is 0 Å². The Kier molecular flexibility index (Phi) is 6.11. The zero-order chi connectivity index (χ0) is 7.52. The first-order chi connectivity index (χ1) is 5.45. The number of aromatic amines is 2. The van der Waals surface area contributed by atoms with Crippen LogP contribution in [0.5, 0.6) is 0 Å². The molecule has 0 unspecified atom stereocenters. The van der Waals surface area contributed by atoms with Crippen LogP contribution in [-0.4, -0.2) is 30.8 Å². The van der Waals surface area contributed by atoms with Crippen molar-refractivity contribution < 1.29 is 48.0 Å². The van der Waals surface area contributed by atoms with Crippen LogP contribution in [0.15, 0.2) is 12.4 Å². The summed E-state index contributed by atoms with van der Waals surface area (Å²) in [6.45, 7) is 0. The summed E-state index contributed by atoms with van der Waals surface area (Å²) in [5.74, 6) is 0. The van der Waals surface area contributed by atoms with E-state index in [0.717, 1.165) is 6.80 Å². The van der Waals surface area contributed by atoms with Gasteiger partial charge in [-0.1, -0.05) is 0 Å². The van der Waals surface area contributed by atoms with Crippen LogP contribution in [0.3, 0.4) is 0 Å². The van der Waals surface area contributed by atoms with Crippen LogP contribution in [0.4, 0.5) is 0 Å². The molecule has 0 amide bonds. The van der Waals surface area contributed by atoms with Gasteiger partial charge in [0.2, 0.25) is 0 Å². The van der Waals surface area contributed by atoms with E-state index >= 15 is 0 Å². The van der Waals surface area contributed by atoms with Gasteiger partial charge in [-0.2, -0.15) is 0 Å². The van der Waals surface area contributed by atoms with E-state index in [0.29, 0.717) is 0 Å². The van der Waals surface area contributed by atoms with Gasteiger partial charge in [-0.05, 0) is 0 Å². The summed E-state index contributed by atoms with van der Waals surface area (Å²) < 4.78 is 2.06. The Hall–Kier alpha value is -0.257. The molecule has 2 heterocycles. The summed E-state index contributed by atoms with van der Waals surface area (Å²) in [7, 11) is 0. The second-order valence-electron chi connectivity index (χ2n) is 1.84. The van der Waals surface area contributed by atoms with Crippen LogP contribution in [0.2, 0.25) is 0 Å². The molecule has 0 aliphatic rings. The van der Waals surface area contributed by atoms with Crippen LogP contribution >= 0.6 is 0 Å². The van der Waals surface area contributed by atoms with E-state index in [4.69, 9.17) is 0 Å². The Labute approximate surface area is 97.7 Å². The molecule has 68 valence electrons. The minimum absolute atomic E-state index is 0. The molecule has 13 heavy (non-hydrogen) atoms. The SMILES string of the molecule is [Cl-].[Cl-].c1[nH]nn[c]1[Zr+2][c]1c[nH]nn1. The molecular weight excluding hydrogens is 294 g/mol. The molecule has 0 aliphatic carbocycles. The van der Waals surface area contributed by atoms with Crippen molar-refractivity contribution in [1.29, 1.82) is 0 Å². The van der Waals surface area contributed by atoms with Gasteiger partial charge >= 0.3 is 73.3 Å². The first-order valence-electron chi connectivity index (χ1n) is 2.95. The van der Waals surface area contributed by atoms with Gasteiger partial charge in [-0.25, -0.2) is 0 Å². The zero-order valence-electron chi connectivity index (χ0n) is 6.20. The standard InChI is InChI=1S/2C2H2N3.2ClH.Zr/c2*1-2-4-5-3-1;;;/h2*1H,(H,3,4,5);2*1H;/q;;;;+2/p-2. The molecule has 0 bridgehead atoms. The van der Waals surface area contributed by atoms with Gasteiger partial charge in [-0.3, -0.25) is 0 Å². The summed E-state index contributed by atoms with van der Waals surface area (Å²) >= 11 is -0.832. The molecule has 2 rings (SSSR count). The Morgan fingerprint density at radius 2 is 1.38 bits per heavy atom. The van der Waals surface area contributed by atoms with Crippen molar-refractivity contribution in [2.24, 2.45) is 0 Å². The Morgan fingerprint density at radius 3 is 1.69 bits per heavy atom. The summed E-state index contributed by atoms with van der Waals surface area (Å²) in [6, 6.07) is 0. The maximum absolute atomic E-state index is 3.88. The fourth-order valence-electron chi connectivity index (χ4n) is 0.657. The van der Waals surface area contributed by atoms with Crippen LogP contribution in [0.25, 0.3) is 0 Å². The molecule has 2 N–H and O–H groups in total. The molecule has 0 saturated heterocycles. The van der Waals surface area contributed by atoms with Gasteiger partial charge in [-0.15, -0.1) is 0 Å². The summed E-state index contributed by atoms with van der Waals surface area (Å²) in [4.78, 5) is 0. The van der Waals surface area contributed by atoms with E-state index in [9.17, 15) is 0 Å². The topological polar surface area (TPSA) is 83.1 Å². The van der Waals surface area contributed by atoms with Crippen molar-refractivity contribution in [3.63, 3.8) is 0 Å². The number of nitrogens with zero attached hydrogens (tertiary/aromatic N) is 4. The van der Waals surface area contributed by atoms with Gasteiger partial charge in [0.05, 0.1) is 0 Å². The van der Waals surface area contributed by atoms with Crippen molar-refractivity contribution in [3.05, 3.63) is 12.4 Å². The van der Waals surface area contributed by atoms with Gasteiger partial charge in [0.1, 0.15) is 0 Å². The summed E-state index contributed by atoms with van der Waals surface area (Å²) in [5, 5.41) is 20.3. The third kappa shape index (κ3) is 3.54. The Morgan fingerprint density at radius 1 is 0.923 bits per heavy atom. The van der Waals surface area contributed by atoms with Crippen molar-refractivity contribution in [2.45, 2.75) is 0 Å². The average Bonchev–Trinajstić information content (AvgIpc) is 2.60. The molecule has 2 aromatic rings. The van der Waals surface area contributed by atoms with E-state index in [-0.39, 0.29) is 24.8 Å². The average molecular weight is 298 g/mol. The number of hydrogen-bond acceptors (Lipinski definition) is 4. The molecule has 0 spiro atoms. The van der Waals surface area contributed by atoms with Gasteiger partial charge < -0.3 is 24.8 Å². The van der Waals surface area contributed by atoms with Gasteiger partial charge in [0, 0.05) is 0 Å². The number of nitrogens with one attached hydrogen (secondary N) is 2. The predicted octanol–water partition coefficient (Wildman–Crippen LogP) is -8.04. The molecule has 2 aromatic heterocycles. The van der Waals surface area contributed by atoms with Crippen LogP contribution in [0, 0.1) is 0 Å². The van der Waals surface area contributed by atoms with Crippen LogP contribution < -0.4 is 31.6 Å². The second-order valence-corrected chi connectivity index (χ2v) is 4.98. The number of rotatable bonds is 2. The second kappa shape index (κ2) is 6.24. The predicted molar refractivity (Wildman–Crippen MR) is 32.0 cm³/mol. The Balaban J connectivity index is 0.000000720. The van der Waals surface area contributed by atoms with E-state index in [1.807, 2.05) is 0 Å². The van der Waals surface area contributed by atoms with E-state index in [2.05, 4.69) is 30.8 Å². The fraction of sp³-hybridized carbons (Fsp3) is 0. The molecule has 0 fully saturated rings. The van der Waals surface area contributed by atoms with Crippen LogP contribution in [0.1, 0.15) is 0 Å². The molecule has 6 nitrogen and oxygen atoms in total. The fourth-order valence-corrected chi connectivity index (χ4v) is 2.47. The zero-order valence-corrected chi connectivity index (χ0v) is 10.2. The normalized spacial score (nSPS) is 8.00. The van der Waals surface area contributed by atoms with Crippen molar-refractivity contribution in [2.75, 3.05) is 0 Å². The third-order valence-electron chi connectivity index (χ3n) is 1.09. The van der Waals surface area contributed by atoms with Crippen molar-refractivity contribution in [3.8, 4) is 0 Å². The molecule has 0 aromatic carbocycles. The number of H-pyrrole nitrogens is 2. The molecule has 9 heteroatoms. The number of hydrogen-bond donors (Lipinski definition) is 2. The first kappa shape index (κ1) is 12.7. The van der Waals surface area contributed by atoms with Gasteiger partial charge in [0.25, 0.3) is 0 Å². The van der Waals surface area contributed by atoms with E-state index in [1.165, 1.54) is 0 Å². The Bertz CT molecular complexity index is 275. The van der Waals surface area contributed by atoms with E-state index in [1.54, 1.807) is 12.4 Å². The molecule has 0 aliphatic heterocycles. The summed E-state index contributed by atoms with van der Waals surface area (Å²) in [6.07, 6.45) is 3.61. The third-order valence-corrected chi connectivity index (χ3v) is 3.55.